The lowest BCUT2D eigenvalue weighted by molar-refractivity contribution is 0.0513. The normalized spacial score (nSPS) is 20.3. The van der Waals surface area contributed by atoms with Crippen LogP contribution in [0.5, 0.6) is 0 Å². The molecule has 98 valence electrons. The SMILES string of the molecule is CC1=C(C)N(c2ccccc2C)C(C(C)(C)C)O1. The van der Waals surface area contributed by atoms with Gasteiger partial charge in [-0.3, -0.25) is 0 Å². The lowest BCUT2D eigenvalue weighted by atomic mass is 9.92. The Labute approximate surface area is 110 Å². The molecule has 0 amide bonds. The van der Waals surface area contributed by atoms with Crippen LogP contribution in [-0.4, -0.2) is 6.23 Å². The zero-order valence-corrected chi connectivity index (χ0v) is 12.2. The molecule has 1 aromatic rings. The summed E-state index contributed by atoms with van der Waals surface area (Å²) in [6.07, 6.45) is 0.0681. The summed E-state index contributed by atoms with van der Waals surface area (Å²) in [6.45, 7) is 13.0. The third-order valence-corrected chi connectivity index (χ3v) is 3.51. The highest BCUT2D eigenvalue weighted by Gasteiger charge is 2.39. The summed E-state index contributed by atoms with van der Waals surface area (Å²) in [5, 5.41) is 0. The van der Waals surface area contributed by atoms with E-state index in [-0.39, 0.29) is 11.6 Å². The van der Waals surface area contributed by atoms with E-state index in [1.54, 1.807) is 0 Å². The number of rotatable bonds is 1. The van der Waals surface area contributed by atoms with Crippen LogP contribution in [0.2, 0.25) is 0 Å². The summed E-state index contributed by atoms with van der Waals surface area (Å²) in [6, 6.07) is 8.48. The van der Waals surface area contributed by atoms with Crippen molar-refractivity contribution in [3.8, 4) is 0 Å². The van der Waals surface area contributed by atoms with Crippen LogP contribution in [0.4, 0.5) is 5.69 Å². The van der Waals surface area contributed by atoms with Gasteiger partial charge in [0.25, 0.3) is 0 Å². The molecule has 1 heterocycles. The first-order chi connectivity index (χ1) is 8.32. The molecule has 0 fully saturated rings. The Balaban J connectivity index is 2.48. The van der Waals surface area contributed by atoms with Crippen molar-refractivity contribution in [2.75, 3.05) is 4.90 Å². The first kappa shape index (κ1) is 13.0. The van der Waals surface area contributed by atoms with E-state index < -0.39 is 0 Å². The van der Waals surface area contributed by atoms with Crippen LogP contribution in [0.3, 0.4) is 0 Å². The smallest absolute Gasteiger partial charge is 0.180 e. The Hall–Kier alpha value is -1.44. The minimum absolute atomic E-state index is 0.0681. The molecule has 0 bridgehead atoms. The van der Waals surface area contributed by atoms with E-state index in [1.165, 1.54) is 16.9 Å². The van der Waals surface area contributed by atoms with Gasteiger partial charge >= 0.3 is 0 Å². The molecule has 1 aromatic carbocycles. The van der Waals surface area contributed by atoms with Gasteiger partial charge in [-0.2, -0.15) is 0 Å². The second kappa shape index (κ2) is 4.34. The highest BCUT2D eigenvalue weighted by atomic mass is 16.5. The molecule has 2 rings (SSSR count). The highest BCUT2D eigenvalue weighted by Crippen LogP contribution is 2.40. The van der Waals surface area contributed by atoms with E-state index in [1.807, 2.05) is 6.92 Å². The summed E-state index contributed by atoms with van der Waals surface area (Å²) < 4.78 is 6.07. The molecular formula is C16H23NO. The quantitative estimate of drug-likeness (QED) is 0.724. The van der Waals surface area contributed by atoms with Crippen molar-refractivity contribution in [2.24, 2.45) is 5.41 Å². The van der Waals surface area contributed by atoms with E-state index >= 15 is 0 Å². The Kier molecular flexibility index (Phi) is 3.14. The number of para-hydroxylation sites is 1. The maximum atomic E-state index is 6.07. The summed E-state index contributed by atoms with van der Waals surface area (Å²) >= 11 is 0. The van der Waals surface area contributed by atoms with Crippen molar-refractivity contribution in [1.29, 1.82) is 0 Å². The molecule has 1 unspecified atom stereocenters. The fraction of sp³-hybridized carbons (Fsp3) is 0.500. The first-order valence-electron chi connectivity index (χ1n) is 6.51. The number of nitrogens with zero attached hydrogens (tertiary/aromatic N) is 1. The molecule has 0 radical (unpaired) electrons. The molecule has 1 atom stereocenters. The molecule has 18 heavy (non-hydrogen) atoms. The van der Waals surface area contributed by atoms with Gasteiger partial charge in [0.1, 0.15) is 5.76 Å². The second-order valence-electron chi connectivity index (χ2n) is 6.13. The van der Waals surface area contributed by atoms with E-state index in [9.17, 15) is 0 Å². The molecule has 0 N–H and O–H groups in total. The first-order valence-corrected chi connectivity index (χ1v) is 6.51. The van der Waals surface area contributed by atoms with E-state index in [0.717, 1.165) is 5.76 Å². The largest absolute Gasteiger partial charge is 0.472 e. The van der Waals surface area contributed by atoms with Crippen LogP contribution in [0.15, 0.2) is 35.7 Å². The van der Waals surface area contributed by atoms with Crippen LogP contribution in [0.1, 0.15) is 40.2 Å². The predicted octanol–water partition coefficient (Wildman–Crippen LogP) is 4.46. The minimum atomic E-state index is 0.0681. The van der Waals surface area contributed by atoms with Crippen LogP contribution >= 0.6 is 0 Å². The summed E-state index contributed by atoms with van der Waals surface area (Å²) in [7, 11) is 0. The monoisotopic (exact) mass is 245 g/mol. The number of hydrogen-bond donors (Lipinski definition) is 0. The molecule has 1 aliphatic heterocycles. The minimum Gasteiger partial charge on any atom is -0.472 e. The maximum absolute atomic E-state index is 6.07. The van der Waals surface area contributed by atoms with Gasteiger partial charge in [-0.15, -0.1) is 0 Å². The average Bonchev–Trinajstić information content (AvgIpc) is 2.57. The summed E-state index contributed by atoms with van der Waals surface area (Å²) in [5.41, 5.74) is 3.81. The van der Waals surface area contributed by atoms with E-state index in [0.29, 0.717) is 0 Å². The number of hydrogen-bond acceptors (Lipinski definition) is 2. The zero-order chi connectivity index (χ0) is 13.5. The highest BCUT2D eigenvalue weighted by molar-refractivity contribution is 5.59. The van der Waals surface area contributed by atoms with Crippen molar-refractivity contribution in [3.63, 3.8) is 0 Å². The molecular weight excluding hydrogens is 222 g/mol. The second-order valence-corrected chi connectivity index (χ2v) is 6.13. The van der Waals surface area contributed by atoms with Crippen molar-refractivity contribution >= 4 is 5.69 Å². The lowest BCUT2D eigenvalue weighted by Crippen LogP contribution is -2.41. The standard InChI is InChI=1S/C16H23NO/c1-11-9-7-8-10-14(11)17-12(2)13(3)18-15(17)16(4,5)6/h7-10,15H,1-6H3. The van der Waals surface area contributed by atoms with Gasteiger partial charge in [0.15, 0.2) is 6.23 Å². The molecule has 2 nitrogen and oxygen atoms in total. The molecule has 0 saturated heterocycles. The summed E-state index contributed by atoms with van der Waals surface area (Å²) in [5.74, 6) is 1.03. The van der Waals surface area contributed by atoms with Crippen LogP contribution in [0.25, 0.3) is 0 Å². The molecule has 2 heteroatoms. The number of aryl methyl sites for hydroxylation is 1. The van der Waals surface area contributed by atoms with E-state index in [4.69, 9.17) is 4.74 Å². The van der Waals surface area contributed by atoms with Gasteiger partial charge in [0.2, 0.25) is 0 Å². The van der Waals surface area contributed by atoms with Crippen LogP contribution < -0.4 is 4.90 Å². The van der Waals surface area contributed by atoms with Gasteiger partial charge < -0.3 is 9.64 Å². The van der Waals surface area contributed by atoms with Crippen molar-refractivity contribution in [2.45, 2.75) is 47.8 Å². The Bertz CT molecular complexity index is 482. The lowest BCUT2D eigenvalue weighted by Gasteiger charge is -2.36. The molecule has 0 saturated carbocycles. The van der Waals surface area contributed by atoms with E-state index in [2.05, 4.69) is 63.8 Å². The molecule has 0 aliphatic carbocycles. The third-order valence-electron chi connectivity index (χ3n) is 3.51. The Morgan fingerprint density at radius 2 is 1.67 bits per heavy atom. The van der Waals surface area contributed by atoms with Gasteiger partial charge in [-0.25, -0.2) is 0 Å². The average molecular weight is 245 g/mol. The van der Waals surface area contributed by atoms with Crippen LogP contribution in [-0.2, 0) is 4.74 Å². The predicted molar refractivity (Wildman–Crippen MR) is 76.4 cm³/mol. The van der Waals surface area contributed by atoms with Gasteiger partial charge in [-0.05, 0) is 32.4 Å². The van der Waals surface area contributed by atoms with Crippen molar-refractivity contribution in [1.82, 2.24) is 0 Å². The van der Waals surface area contributed by atoms with Crippen molar-refractivity contribution in [3.05, 3.63) is 41.3 Å². The topological polar surface area (TPSA) is 12.5 Å². The zero-order valence-electron chi connectivity index (χ0n) is 12.2. The molecule has 0 aromatic heterocycles. The fourth-order valence-electron chi connectivity index (χ4n) is 2.36. The van der Waals surface area contributed by atoms with Gasteiger partial charge in [0, 0.05) is 11.1 Å². The number of ether oxygens (including phenoxy) is 1. The molecule has 0 spiro atoms. The van der Waals surface area contributed by atoms with Gasteiger partial charge in [0.05, 0.1) is 5.70 Å². The summed E-state index contributed by atoms with van der Waals surface area (Å²) in [4.78, 5) is 2.32. The number of anilines is 1. The van der Waals surface area contributed by atoms with Crippen molar-refractivity contribution < 1.29 is 4.74 Å². The van der Waals surface area contributed by atoms with Crippen LogP contribution in [0, 0.1) is 12.3 Å². The molecule has 1 aliphatic rings. The Morgan fingerprint density at radius 1 is 1.06 bits per heavy atom. The fourth-order valence-corrected chi connectivity index (χ4v) is 2.36. The number of allylic oxidation sites excluding steroid dienone is 2. The number of benzene rings is 1. The third kappa shape index (κ3) is 2.12. The maximum Gasteiger partial charge on any atom is 0.180 e. The Morgan fingerprint density at radius 3 is 2.22 bits per heavy atom. The van der Waals surface area contributed by atoms with Gasteiger partial charge in [-0.1, -0.05) is 39.0 Å².